The Labute approximate surface area is 144 Å². The number of anilines is 4. The van der Waals surface area contributed by atoms with E-state index in [2.05, 4.69) is 25.8 Å². The third kappa shape index (κ3) is 4.11. The minimum Gasteiger partial charge on any atom is -0.494 e. The number of rotatable bonds is 6. The Balaban J connectivity index is 1.72. The van der Waals surface area contributed by atoms with E-state index >= 15 is 0 Å². The predicted molar refractivity (Wildman–Crippen MR) is 95.5 cm³/mol. The van der Waals surface area contributed by atoms with E-state index in [4.69, 9.17) is 16.3 Å². The summed E-state index contributed by atoms with van der Waals surface area (Å²) in [7, 11) is 0. The first-order valence-electron chi connectivity index (χ1n) is 7.46. The number of benzene rings is 2. The van der Waals surface area contributed by atoms with Crippen LogP contribution in [-0.2, 0) is 0 Å². The number of aromatic nitrogens is 3. The van der Waals surface area contributed by atoms with Gasteiger partial charge < -0.3 is 15.4 Å². The van der Waals surface area contributed by atoms with Gasteiger partial charge in [-0.2, -0.15) is 10.1 Å². The molecule has 3 aromatic rings. The van der Waals surface area contributed by atoms with Crippen molar-refractivity contribution in [3.8, 4) is 5.75 Å². The van der Waals surface area contributed by atoms with E-state index in [0.29, 0.717) is 23.4 Å². The van der Waals surface area contributed by atoms with E-state index in [1.807, 2.05) is 49.4 Å². The normalized spacial score (nSPS) is 10.2. The Morgan fingerprint density at radius 2 is 1.83 bits per heavy atom. The third-order valence-corrected chi connectivity index (χ3v) is 3.45. The van der Waals surface area contributed by atoms with Crippen LogP contribution in [0.5, 0.6) is 5.75 Å². The summed E-state index contributed by atoms with van der Waals surface area (Å²) >= 11 is 6.12. The van der Waals surface area contributed by atoms with Crippen molar-refractivity contribution >= 4 is 34.7 Å². The van der Waals surface area contributed by atoms with Crippen molar-refractivity contribution in [2.75, 3.05) is 17.2 Å². The second-order valence-electron chi connectivity index (χ2n) is 4.85. The van der Waals surface area contributed by atoms with Crippen LogP contribution in [0.2, 0.25) is 5.02 Å². The highest BCUT2D eigenvalue weighted by atomic mass is 35.5. The number of ether oxygens (including phenoxy) is 1. The zero-order valence-corrected chi connectivity index (χ0v) is 13.8. The average Bonchev–Trinajstić information content (AvgIpc) is 2.59. The van der Waals surface area contributed by atoms with Crippen LogP contribution in [0.25, 0.3) is 0 Å². The number of halogens is 1. The van der Waals surface area contributed by atoms with Crippen molar-refractivity contribution in [1.29, 1.82) is 0 Å². The Kier molecular flexibility index (Phi) is 5.08. The highest BCUT2D eigenvalue weighted by Gasteiger charge is 2.04. The molecule has 0 fully saturated rings. The molecule has 0 amide bonds. The molecule has 0 bridgehead atoms. The molecule has 1 aromatic heterocycles. The van der Waals surface area contributed by atoms with Gasteiger partial charge in [0.2, 0.25) is 5.95 Å². The molecule has 0 saturated carbocycles. The number of nitrogens with one attached hydrogen (secondary N) is 2. The summed E-state index contributed by atoms with van der Waals surface area (Å²) in [6, 6.07) is 15.0. The molecule has 0 aliphatic carbocycles. The second kappa shape index (κ2) is 7.61. The summed E-state index contributed by atoms with van der Waals surface area (Å²) in [5, 5.41) is 14.7. The smallest absolute Gasteiger partial charge is 0.249 e. The van der Waals surface area contributed by atoms with Crippen LogP contribution in [-0.4, -0.2) is 21.8 Å². The highest BCUT2D eigenvalue weighted by molar-refractivity contribution is 6.33. The van der Waals surface area contributed by atoms with Crippen LogP contribution in [0, 0.1) is 0 Å². The van der Waals surface area contributed by atoms with Crippen molar-refractivity contribution in [2.45, 2.75) is 6.92 Å². The van der Waals surface area contributed by atoms with E-state index in [9.17, 15) is 0 Å². The molecule has 0 aliphatic heterocycles. The Bertz CT molecular complexity index is 810. The molecule has 2 aromatic carbocycles. The summed E-state index contributed by atoms with van der Waals surface area (Å²) in [6.07, 6.45) is 1.55. The molecule has 2 N–H and O–H groups in total. The van der Waals surface area contributed by atoms with Gasteiger partial charge >= 0.3 is 0 Å². The van der Waals surface area contributed by atoms with Gasteiger partial charge in [-0.15, -0.1) is 5.10 Å². The quantitative estimate of drug-likeness (QED) is 0.692. The largest absolute Gasteiger partial charge is 0.494 e. The molecule has 24 heavy (non-hydrogen) atoms. The molecule has 0 radical (unpaired) electrons. The lowest BCUT2D eigenvalue weighted by Gasteiger charge is -2.09. The van der Waals surface area contributed by atoms with Gasteiger partial charge in [0.15, 0.2) is 5.82 Å². The number of para-hydroxylation sites is 1. The molecule has 0 unspecified atom stereocenters. The molecule has 122 valence electrons. The van der Waals surface area contributed by atoms with Crippen LogP contribution in [0.1, 0.15) is 6.92 Å². The van der Waals surface area contributed by atoms with Crippen LogP contribution in [0.15, 0.2) is 54.7 Å². The monoisotopic (exact) mass is 341 g/mol. The van der Waals surface area contributed by atoms with Gasteiger partial charge in [0, 0.05) is 5.69 Å². The molecule has 6 nitrogen and oxygen atoms in total. The lowest BCUT2D eigenvalue weighted by atomic mass is 10.3. The van der Waals surface area contributed by atoms with Crippen LogP contribution in [0.4, 0.5) is 23.1 Å². The van der Waals surface area contributed by atoms with Gasteiger partial charge in [0.05, 0.1) is 23.5 Å². The van der Waals surface area contributed by atoms with Crippen molar-refractivity contribution in [3.05, 3.63) is 59.8 Å². The van der Waals surface area contributed by atoms with Gasteiger partial charge in [-0.05, 0) is 43.3 Å². The SMILES string of the molecule is CCOc1ccc(Nc2cnnc(Nc3ccccc3Cl)n2)cc1. The molecule has 7 heteroatoms. The maximum absolute atomic E-state index is 6.12. The molecular formula is C17H16ClN5O. The lowest BCUT2D eigenvalue weighted by molar-refractivity contribution is 0.340. The molecular weight excluding hydrogens is 326 g/mol. The van der Waals surface area contributed by atoms with E-state index in [0.717, 1.165) is 17.1 Å². The summed E-state index contributed by atoms with van der Waals surface area (Å²) in [5.41, 5.74) is 1.60. The Hall–Kier alpha value is -2.86. The fraction of sp³-hybridized carbons (Fsp3) is 0.118. The first kappa shape index (κ1) is 16.0. The first-order valence-corrected chi connectivity index (χ1v) is 7.83. The molecule has 0 aliphatic rings. The predicted octanol–water partition coefficient (Wildman–Crippen LogP) is 4.41. The van der Waals surface area contributed by atoms with Crippen molar-refractivity contribution < 1.29 is 4.74 Å². The molecule has 0 atom stereocenters. The maximum Gasteiger partial charge on any atom is 0.249 e. The molecule has 0 saturated heterocycles. The lowest BCUT2D eigenvalue weighted by Crippen LogP contribution is -2.02. The minimum atomic E-state index is 0.360. The van der Waals surface area contributed by atoms with Crippen molar-refractivity contribution in [1.82, 2.24) is 15.2 Å². The summed E-state index contributed by atoms with van der Waals surface area (Å²) in [4.78, 5) is 4.38. The first-order chi connectivity index (χ1) is 11.7. The van der Waals surface area contributed by atoms with Gasteiger partial charge in [-0.3, -0.25) is 0 Å². The molecule has 3 rings (SSSR count). The summed E-state index contributed by atoms with van der Waals surface area (Å²) < 4.78 is 5.42. The van der Waals surface area contributed by atoms with E-state index in [1.165, 1.54) is 0 Å². The highest BCUT2D eigenvalue weighted by Crippen LogP contribution is 2.24. The fourth-order valence-electron chi connectivity index (χ4n) is 2.05. The van der Waals surface area contributed by atoms with Crippen molar-refractivity contribution in [3.63, 3.8) is 0 Å². The average molecular weight is 342 g/mol. The second-order valence-corrected chi connectivity index (χ2v) is 5.26. The van der Waals surface area contributed by atoms with Crippen LogP contribution in [0.3, 0.4) is 0 Å². The summed E-state index contributed by atoms with van der Waals surface area (Å²) in [5.74, 6) is 1.76. The van der Waals surface area contributed by atoms with Crippen LogP contribution < -0.4 is 15.4 Å². The van der Waals surface area contributed by atoms with Gasteiger partial charge in [0.1, 0.15) is 5.75 Å². The van der Waals surface area contributed by atoms with Gasteiger partial charge in [-0.25, -0.2) is 0 Å². The summed E-state index contributed by atoms with van der Waals surface area (Å²) in [6.45, 7) is 2.59. The Morgan fingerprint density at radius 3 is 2.58 bits per heavy atom. The fourth-order valence-corrected chi connectivity index (χ4v) is 2.23. The number of hydrogen-bond donors (Lipinski definition) is 2. The standard InChI is InChI=1S/C17H16ClN5O/c1-2-24-13-9-7-12(8-10-13)20-16-11-19-23-17(22-16)21-15-6-4-3-5-14(15)18/h3-11H,2H2,1H3,(H2,20,21,22,23). The topological polar surface area (TPSA) is 72.0 Å². The zero-order chi connectivity index (χ0) is 16.8. The van der Waals surface area contributed by atoms with Crippen LogP contribution >= 0.6 is 11.6 Å². The molecule has 1 heterocycles. The van der Waals surface area contributed by atoms with E-state index in [1.54, 1.807) is 12.3 Å². The van der Waals surface area contributed by atoms with E-state index < -0.39 is 0 Å². The van der Waals surface area contributed by atoms with Crippen molar-refractivity contribution in [2.24, 2.45) is 0 Å². The van der Waals surface area contributed by atoms with Gasteiger partial charge in [-0.1, -0.05) is 23.7 Å². The minimum absolute atomic E-state index is 0.360. The maximum atomic E-state index is 6.12. The number of hydrogen-bond acceptors (Lipinski definition) is 6. The number of nitrogens with zero attached hydrogens (tertiary/aromatic N) is 3. The zero-order valence-electron chi connectivity index (χ0n) is 13.0. The molecule has 0 spiro atoms. The van der Waals surface area contributed by atoms with Gasteiger partial charge in [0.25, 0.3) is 0 Å². The Morgan fingerprint density at radius 1 is 1.04 bits per heavy atom. The van der Waals surface area contributed by atoms with E-state index in [-0.39, 0.29) is 0 Å². The third-order valence-electron chi connectivity index (χ3n) is 3.12.